The van der Waals surface area contributed by atoms with E-state index in [2.05, 4.69) is 44.1 Å². The summed E-state index contributed by atoms with van der Waals surface area (Å²) in [5.74, 6) is 0.983. The third kappa shape index (κ3) is 5.33. The van der Waals surface area contributed by atoms with Crippen LogP contribution in [0.3, 0.4) is 0 Å². The largest absolute Gasteiger partial charge is 0.469 e. The van der Waals surface area contributed by atoms with E-state index in [9.17, 15) is 0 Å². The Morgan fingerprint density at radius 3 is 2.56 bits per heavy atom. The zero-order chi connectivity index (χ0) is 12.2. The zero-order valence-electron chi connectivity index (χ0n) is 11.1. The van der Waals surface area contributed by atoms with Gasteiger partial charge in [-0.2, -0.15) is 0 Å². The van der Waals surface area contributed by atoms with Crippen LogP contribution in [-0.2, 0) is 6.54 Å². The molecule has 1 aromatic rings. The third-order valence-corrected chi connectivity index (χ3v) is 2.39. The van der Waals surface area contributed by atoms with Gasteiger partial charge in [-0.15, -0.1) is 0 Å². The molecule has 0 amide bonds. The Labute approximate surface area is 98.8 Å². The molecule has 16 heavy (non-hydrogen) atoms. The zero-order valence-corrected chi connectivity index (χ0v) is 11.1. The minimum absolute atomic E-state index is 0.201. The summed E-state index contributed by atoms with van der Waals surface area (Å²) in [6, 6.07) is 2.09. The van der Waals surface area contributed by atoms with E-state index in [0.29, 0.717) is 0 Å². The molecular formula is C13H24N2O. The second kappa shape index (κ2) is 5.51. The lowest BCUT2D eigenvalue weighted by atomic mass is 10.1. The molecule has 0 aliphatic heterocycles. The van der Waals surface area contributed by atoms with Crippen LogP contribution < -0.4 is 5.32 Å². The van der Waals surface area contributed by atoms with Gasteiger partial charge in [-0.1, -0.05) is 0 Å². The molecule has 92 valence electrons. The van der Waals surface area contributed by atoms with Gasteiger partial charge in [0, 0.05) is 30.7 Å². The molecule has 0 saturated carbocycles. The van der Waals surface area contributed by atoms with Crippen molar-refractivity contribution >= 4 is 0 Å². The second-order valence-corrected chi connectivity index (χ2v) is 5.48. The van der Waals surface area contributed by atoms with Crippen LogP contribution >= 0.6 is 0 Å². The van der Waals surface area contributed by atoms with Gasteiger partial charge in [-0.25, -0.2) is 0 Å². The Balaban J connectivity index is 2.23. The molecule has 0 aliphatic rings. The summed E-state index contributed by atoms with van der Waals surface area (Å²) in [5.41, 5.74) is 1.45. The fraction of sp³-hybridized carbons (Fsp3) is 0.692. The van der Waals surface area contributed by atoms with Crippen molar-refractivity contribution in [2.75, 3.05) is 20.1 Å². The van der Waals surface area contributed by atoms with Crippen molar-refractivity contribution in [1.29, 1.82) is 0 Å². The van der Waals surface area contributed by atoms with Gasteiger partial charge < -0.3 is 14.6 Å². The standard InChI is InChI=1S/C13H24N2O/c1-11-8-12(10-16-11)9-15(5)7-6-14-13(2,3)4/h8,10,14H,6-7,9H2,1-5H3. The van der Waals surface area contributed by atoms with Gasteiger partial charge in [0.15, 0.2) is 0 Å². The summed E-state index contributed by atoms with van der Waals surface area (Å²) in [6.07, 6.45) is 1.84. The average Bonchev–Trinajstić information content (AvgIpc) is 2.48. The summed E-state index contributed by atoms with van der Waals surface area (Å²) in [6.45, 7) is 11.5. The van der Waals surface area contributed by atoms with Crippen LogP contribution in [-0.4, -0.2) is 30.6 Å². The number of nitrogens with one attached hydrogen (secondary N) is 1. The highest BCUT2D eigenvalue weighted by molar-refractivity contribution is 5.11. The Kier molecular flexibility index (Phi) is 4.56. The van der Waals surface area contributed by atoms with E-state index < -0.39 is 0 Å². The molecule has 1 aromatic heterocycles. The van der Waals surface area contributed by atoms with Crippen molar-refractivity contribution in [1.82, 2.24) is 10.2 Å². The first-order valence-electron chi connectivity index (χ1n) is 5.84. The van der Waals surface area contributed by atoms with Crippen molar-refractivity contribution in [3.8, 4) is 0 Å². The summed E-state index contributed by atoms with van der Waals surface area (Å²) >= 11 is 0. The molecule has 0 aromatic carbocycles. The highest BCUT2D eigenvalue weighted by atomic mass is 16.3. The van der Waals surface area contributed by atoms with Crippen LogP contribution in [0.1, 0.15) is 32.1 Å². The molecule has 3 nitrogen and oxygen atoms in total. The van der Waals surface area contributed by atoms with E-state index in [1.54, 1.807) is 0 Å². The number of furan rings is 1. The summed E-state index contributed by atoms with van der Waals surface area (Å²) < 4.78 is 5.28. The molecule has 0 fully saturated rings. The molecule has 1 N–H and O–H groups in total. The molecule has 0 atom stereocenters. The van der Waals surface area contributed by atoms with Gasteiger partial charge in [0.1, 0.15) is 5.76 Å². The van der Waals surface area contributed by atoms with E-state index in [1.807, 2.05) is 13.2 Å². The predicted octanol–water partition coefficient (Wildman–Crippen LogP) is 2.41. The van der Waals surface area contributed by atoms with Crippen LogP contribution in [0.5, 0.6) is 0 Å². The van der Waals surface area contributed by atoms with Gasteiger partial charge in [0.25, 0.3) is 0 Å². The fourth-order valence-corrected chi connectivity index (χ4v) is 1.59. The van der Waals surface area contributed by atoms with Crippen LogP contribution in [0, 0.1) is 6.92 Å². The Morgan fingerprint density at radius 1 is 1.38 bits per heavy atom. The quantitative estimate of drug-likeness (QED) is 0.832. The molecule has 3 heteroatoms. The minimum atomic E-state index is 0.201. The number of hydrogen-bond donors (Lipinski definition) is 1. The average molecular weight is 224 g/mol. The van der Waals surface area contributed by atoms with Crippen molar-refractivity contribution in [3.63, 3.8) is 0 Å². The SMILES string of the molecule is Cc1cc(CN(C)CCNC(C)(C)C)co1. The highest BCUT2D eigenvalue weighted by Gasteiger charge is 2.09. The smallest absolute Gasteiger partial charge is 0.101 e. The van der Waals surface area contributed by atoms with Gasteiger partial charge in [-0.3, -0.25) is 0 Å². The third-order valence-electron chi connectivity index (χ3n) is 2.39. The van der Waals surface area contributed by atoms with E-state index in [4.69, 9.17) is 4.42 Å². The number of nitrogens with zero attached hydrogens (tertiary/aromatic N) is 1. The Bertz CT molecular complexity index is 312. The molecule has 0 spiro atoms. The molecular weight excluding hydrogens is 200 g/mol. The molecule has 0 saturated heterocycles. The lowest BCUT2D eigenvalue weighted by Gasteiger charge is -2.23. The summed E-state index contributed by atoms with van der Waals surface area (Å²) in [7, 11) is 2.13. The molecule has 1 rings (SSSR count). The highest BCUT2D eigenvalue weighted by Crippen LogP contribution is 2.08. The molecule has 0 radical (unpaired) electrons. The first-order valence-corrected chi connectivity index (χ1v) is 5.84. The minimum Gasteiger partial charge on any atom is -0.469 e. The van der Waals surface area contributed by atoms with E-state index in [-0.39, 0.29) is 5.54 Å². The first kappa shape index (κ1) is 13.3. The van der Waals surface area contributed by atoms with Crippen LogP contribution in [0.2, 0.25) is 0 Å². The van der Waals surface area contributed by atoms with E-state index >= 15 is 0 Å². The summed E-state index contributed by atoms with van der Waals surface area (Å²) in [4.78, 5) is 2.29. The lowest BCUT2D eigenvalue weighted by molar-refractivity contribution is 0.302. The van der Waals surface area contributed by atoms with E-state index in [0.717, 1.165) is 25.4 Å². The summed E-state index contributed by atoms with van der Waals surface area (Å²) in [5, 5.41) is 3.48. The molecule has 1 heterocycles. The van der Waals surface area contributed by atoms with Crippen LogP contribution in [0.15, 0.2) is 16.7 Å². The Hall–Kier alpha value is -0.800. The van der Waals surface area contributed by atoms with Crippen molar-refractivity contribution < 1.29 is 4.42 Å². The normalized spacial score (nSPS) is 12.4. The maximum absolute atomic E-state index is 5.28. The Morgan fingerprint density at radius 2 is 2.06 bits per heavy atom. The fourth-order valence-electron chi connectivity index (χ4n) is 1.59. The number of likely N-dealkylation sites (N-methyl/N-ethyl adjacent to an activating group) is 1. The maximum atomic E-state index is 5.28. The number of aryl methyl sites for hydroxylation is 1. The maximum Gasteiger partial charge on any atom is 0.101 e. The predicted molar refractivity (Wildman–Crippen MR) is 67.5 cm³/mol. The molecule has 0 aliphatic carbocycles. The van der Waals surface area contributed by atoms with Gasteiger partial charge in [0.2, 0.25) is 0 Å². The number of rotatable bonds is 5. The van der Waals surface area contributed by atoms with Gasteiger partial charge in [0.05, 0.1) is 6.26 Å². The van der Waals surface area contributed by atoms with Crippen molar-refractivity contribution in [3.05, 3.63) is 23.7 Å². The second-order valence-electron chi connectivity index (χ2n) is 5.48. The first-order chi connectivity index (χ1) is 7.37. The number of hydrogen-bond acceptors (Lipinski definition) is 3. The molecule has 0 bridgehead atoms. The van der Waals surface area contributed by atoms with E-state index in [1.165, 1.54) is 5.56 Å². The van der Waals surface area contributed by atoms with Gasteiger partial charge in [-0.05, 0) is 40.8 Å². The lowest BCUT2D eigenvalue weighted by Crippen LogP contribution is -2.40. The van der Waals surface area contributed by atoms with Crippen molar-refractivity contribution in [2.45, 2.75) is 39.8 Å². The van der Waals surface area contributed by atoms with Gasteiger partial charge >= 0.3 is 0 Å². The van der Waals surface area contributed by atoms with Crippen LogP contribution in [0.25, 0.3) is 0 Å². The van der Waals surface area contributed by atoms with Crippen molar-refractivity contribution in [2.24, 2.45) is 0 Å². The monoisotopic (exact) mass is 224 g/mol. The molecule has 0 unspecified atom stereocenters. The topological polar surface area (TPSA) is 28.4 Å². The van der Waals surface area contributed by atoms with Crippen LogP contribution in [0.4, 0.5) is 0 Å².